The number of fused-ring (bicyclic) bond motifs is 6. The molecule has 3 heteroatoms. The molecule has 0 amide bonds. The molecule has 0 saturated carbocycles. The minimum atomic E-state index is -0.175. The zero-order chi connectivity index (χ0) is 42.8. The van der Waals surface area contributed by atoms with E-state index in [-0.39, 0.29) is 5.41 Å². The lowest BCUT2D eigenvalue weighted by molar-refractivity contribution is 0.661. The van der Waals surface area contributed by atoms with Crippen molar-refractivity contribution in [3.05, 3.63) is 230 Å². The van der Waals surface area contributed by atoms with Gasteiger partial charge in [0.15, 0.2) is 5.82 Å². The Morgan fingerprint density at radius 2 is 0.812 bits per heavy atom. The summed E-state index contributed by atoms with van der Waals surface area (Å²) in [6, 6.07) is 79.2. The highest BCUT2D eigenvalue weighted by Gasteiger charge is 2.36. The molecule has 0 spiro atoms. The van der Waals surface area contributed by atoms with E-state index in [0.717, 1.165) is 50.3 Å². The highest BCUT2D eigenvalue weighted by atomic mass is 32.1. The fourth-order valence-corrected chi connectivity index (χ4v) is 10.9. The Morgan fingerprint density at radius 3 is 1.53 bits per heavy atom. The van der Waals surface area contributed by atoms with Gasteiger partial charge >= 0.3 is 0 Å². The molecule has 2 aromatic heterocycles. The molecule has 302 valence electrons. The molecular weight excluding hydrogens is 793 g/mol. The second-order valence-electron chi connectivity index (χ2n) is 17.4. The molecule has 0 saturated heterocycles. The van der Waals surface area contributed by atoms with Crippen LogP contribution in [0.15, 0.2) is 218 Å². The first-order valence-electron chi connectivity index (χ1n) is 22.0. The second-order valence-corrected chi connectivity index (χ2v) is 18.4. The first-order valence-corrected chi connectivity index (χ1v) is 22.8. The van der Waals surface area contributed by atoms with Crippen molar-refractivity contribution < 1.29 is 0 Å². The highest BCUT2D eigenvalue weighted by Crippen LogP contribution is 2.51. The van der Waals surface area contributed by atoms with Crippen LogP contribution in [0.1, 0.15) is 25.0 Å². The summed E-state index contributed by atoms with van der Waals surface area (Å²) < 4.78 is 2.60. The van der Waals surface area contributed by atoms with Gasteiger partial charge in [-0.15, -0.1) is 11.3 Å². The minimum Gasteiger partial charge on any atom is -0.228 e. The van der Waals surface area contributed by atoms with Gasteiger partial charge in [0, 0.05) is 42.3 Å². The van der Waals surface area contributed by atoms with Crippen LogP contribution in [0, 0.1) is 0 Å². The van der Waals surface area contributed by atoms with Crippen molar-refractivity contribution in [1.29, 1.82) is 0 Å². The van der Waals surface area contributed by atoms with Crippen LogP contribution in [0.3, 0.4) is 0 Å². The van der Waals surface area contributed by atoms with Crippen molar-refractivity contribution in [1.82, 2.24) is 9.97 Å². The van der Waals surface area contributed by atoms with Crippen LogP contribution in [0.5, 0.6) is 0 Å². The molecule has 2 nitrogen and oxygen atoms in total. The third-order valence-corrected chi connectivity index (χ3v) is 14.3. The van der Waals surface area contributed by atoms with Crippen molar-refractivity contribution in [2.75, 3.05) is 0 Å². The average Bonchev–Trinajstić information content (AvgIpc) is 3.85. The number of thiophene rings is 1. The minimum absolute atomic E-state index is 0.175. The molecule has 9 aromatic carbocycles. The van der Waals surface area contributed by atoms with E-state index in [2.05, 4.69) is 226 Å². The number of benzene rings is 9. The molecule has 0 unspecified atom stereocenters. The van der Waals surface area contributed by atoms with E-state index < -0.39 is 0 Å². The lowest BCUT2D eigenvalue weighted by Gasteiger charge is -2.23. The third-order valence-electron chi connectivity index (χ3n) is 13.1. The Labute approximate surface area is 377 Å². The second kappa shape index (κ2) is 15.3. The van der Waals surface area contributed by atoms with E-state index in [4.69, 9.17) is 9.97 Å². The molecule has 0 aliphatic heterocycles. The predicted molar refractivity (Wildman–Crippen MR) is 271 cm³/mol. The van der Waals surface area contributed by atoms with Crippen molar-refractivity contribution in [3.8, 4) is 89.5 Å². The summed E-state index contributed by atoms with van der Waals surface area (Å²) in [5, 5.41) is 2.58. The van der Waals surface area contributed by atoms with Gasteiger partial charge in [-0.2, -0.15) is 0 Å². The predicted octanol–water partition coefficient (Wildman–Crippen LogP) is 16.8. The van der Waals surface area contributed by atoms with Crippen LogP contribution in [-0.2, 0) is 5.41 Å². The molecule has 64 heavy (non-hydrogen) atoms. The van der Waals surface area contributed by atoms with Gasteiger partial charge in [0.2, 0.25) is 0 Å². The van der Waals surface area contributed by atoms with Crippen LogP contribution in [0.2, 0.25) is 0 Å². The number of aromatic nitrogens is 2. The summed E-state index contributed by atoms with van der Waals surface area (Å²) in [5.74, 6) is 0.695. The largest absolute Gasteiger partial charge is 0.228 e. The maximum absolute atomic E-state index is 5.37. The Bertz CT molecular complexity index is 3570. The maximum atomic E-state index is 5.37. The van der Waals surface area contributed by atoms with Crippen LogP contribution >= 0.6 is 11.3 Å². The van der Waals surface area contributed by atoms with E-state index >= 15 is 0 Å². The van der Waals surface area contributed by atoms with E-state index in [1.165, 1.54) is 64.7 Å². The van der Waals surface area contributed by atoms with Gasteiger partial charge in [-0.05, 0) is 121 Å². The van der Waals surface area contributed by atoms with Crippen molar-refractivity contribution >= 4 is 31.5 Å². The lowest BCUT2D eigenvalue weighted by atomic mass is 9.80. The average molecular weight is 835 g/mol. The zero-order valence-electron chi connectivity index (χ0n) is 35.6. The van der Waals surface area contributed by atoms with E-state index in [1.807, 2.05) is 17.4 Å². The summed E-state index contributed by atoms with van der Waals surface area (Å²) in [7, 11) is 0. The van der Waals surface area contributed by atoms with Crippen molar-refractivity contribution in [3.63, 3.8) is 0 Å². The van der Waals surface area contributed by atoms with E-state index in [9.17, 15) is 0 Å². The lowest BCUT2D eigenvalue weighted by Crippen LogP contribution is -2.15. The summed E-state index contributed by atoms with van der Waals surface area (Å²) in [4.78, 5) is 10.7. The summed E-state index contributed by atoms with van der Waals surface area (Å²) in [5.41, 5.74) is 19.4. The number of nitrogens with zero attached hydrogens (tertiary/aromatic N) is 2. The first-order chi connectivity index (χ1) is 31.4. The molecule has 1 aliphatic rings. The van der Waals surface area contributed by atoms with Crippen molar-refractivity contribution in [2.24, 2.45) is 0 Å². The fraction of sp³-hybridized carbons (Fsp3) is 0.0492. The highest BCUT2D eigenvalue weighted by molar-refractivity contribution is 7.25. The summed E-state index contributed by atoms with van der Waals surface area (Å²) in [6.07, 6.45) is 0. The van der Waals surface area contributed by atoms with Crippen LogP contribution < -0.4 is 0 Å². The van der Waals surface area contributed by atoms with Gasteiger partial charge in [0.05, 0.1) is 11.4 Å². The molecule has 0 fully saturated rings. The maximum Gasteiger partial charge on any atom is 0.160 e. The smallest absolute Gasteiger partial charge is 0.160 e. The molecule has 0 radical (unpaired) electrons. The van der Waals surface area contributed by atoms with E-state index in [0.29, 0.717) is 5.82 Å². The number of hydrogen-bond acceptors (Lipinski definition) is 3. The Balaban J connectivity index is 1.01. The number of rotatable bonds is 7. The topological polar surface area (TPSA) is 25.8 Å². The van der Waals surface area contributed by atoms with Crippen LogP contribution in [0.25, 0.3) is 110 Å². The SMILES string of the molecule is CC1(C)c2cc(-c3ccccc3)ccc2-c2ccc(-c3ccccc3-c3cc(-c4cc(-c5ccccc5)cc(-c5ccc6sc7ccccc7c6c5)c4)nc(-c4ccccc4)n3)cc21. The van der Waals surface area contributed by atoms with Crippen molar-refractivity contribution in [2.45, 2.75) is 19.3 Å². The molecule has 12 rings (SSSR count). The molecule has 11 aromatic rings. The van der Waals surface area contributed by atoms with Gasteiger partial charge in [0.25, 0.3) is 0 Å². The molecular formula is C61H42N2S. The molecule has 0 N–H and O–H groups in total. The van der Waals surface area contributed by atoms with Crippen LogP contribution in [0.4, 0.5) is 0 Å². The van der Waals surface area contributed by atoms with Crippen LogP contribution in [-0.4, -0.2) is 9.97 Å². The van der Waals surface area contributed by atoms with Gasteiger partial charge in [-0.3, -0.25) is 0 Å². The van der Waals surface area contributed by atoms with Gasteiger partial charge in [0.1, 0.15) is 0 Å². The Hall–Kier alpha value is -7.72. The number of hydrogen-bond donors (Lipinski definition) is 0. The molecule has 1 aliphatic carbocycles. The van der Waals surface area contributed by atoms with E-state index in [1.54, 1.807) is 0 Å². The first kappa shape index (κ1) is 38.0. The standard InChI is InChI=1S/C61H42N2S/c1-61(2)54-36-43(39-16-6-3-7-17-39)26-29-49(54)50-30-27-44(37-55(50)61)48-22-12-13-23-51(48)57-38-56(62-60(63-57)41-20-10-5-11-21-41)47-33-45(40-18-8-4-9-19-40)32-46(34-47)42-28-31-59-53(35-42)52-24-14-15-25-58(52)64-59/h3-38H,1-2H3. The summed E-state index contributed by atoms with van der Waals surface area (Å²) in [6.45, 7) is 4.73. The van der Waals surface area contributed by atoms with Gasteiger partial charge in [-0.25, -0.2) is 9.97 Å². The molecule has 2 heterocycles. The Kier molecular flexibility index (Phi) is 9.06. The zero-order valence-corrected chi connectivity index (χ0v) is 36.4. The third kappa shape index (κ3) is 6.56. The molecule has 0 atom stereocenters. The quantitative estimate of drug-likeness (QED) is 0.160. The normalized spacial score (nSPS) is 12.7. The molecule has 0 bridgehead atoms. The fourth-order valence-electron chi connectivity index (χ4n) is 9.77. The summed E-state index contributed by atoms with van der Waals surface area (Å²) >= 11 is 1.85. The Morgan fingerprint density at radius 1 is 0.312 bits per heavy atom. The van der Waals surface area contributed by atoms with Gasteiger partial charge < -0.3 is 0 Å². The monoisotopic (exact) mass is 834 g/mol. The van der Waals surface area contributed by atoms with Gasteiger partial charge in [-0.1, -0.05) is 178 Å².